The van der Waals surface area contributed by atoms with Crippen LogP contribution in [0.4, 0.5) is 5.82 Å². The molecule has 0 spiro atoms. The lowest BCUT2D eigenvalue weighted by Gasteiger charge is -2.11. The topological polar surface area (TPSA) is 59.4 Å². The number of amidine groups is 1. The standard InChI is InChI=1S/C11H18N4OS/c1-5-16-7-9-6-13-8(2)14-10(9)15-11(12-3)17-4/h6H,5,7H2,1-4H3,(H,12,13,14,15). The zero-order valence-electron chi connectivity index (χ0n) is 10.6. The summed E-state index contributed by atoms with van der Waals surface area (Å²) in [5.41, 5.74) is 0.938. The highest BCUT2D eigenvalue weighted by atomic mass is 32.2. The number of rotatable bonds is 4. The number of hydrogen-bond donors (Lipinski definition) is 1. The Bertz CT molecular complexity index is 395. The van der Waals surface area contributed by atoms with E-state index in [1.54, 1.807) is 25.0 Å². The normalized spacial score (nSPS) is 11.6. The third-order valence-corrected chi connectivity index (χ3v) is 2.74. The summed E-state index contributed by atoms with van der Waals surface area (Å²) in [4.78, 5) is 12.7. The van der Waals surface area contributed by atoms with Gasteiger partial charge in [-0.25, -0.2) is 9.97 Å². The first-order valence-electron chi connectivity index (χ1n) is 5.39. The monoisotopic (exact) mass is 254 g/mol. The van der Waals surface area contributed by atoms with Crippen molar-refractivity contribution in [1.82, 2.24) is 9.97 Å². The molecule has 0 radical (unpaired) electrons. The predicted molar refractivity (Wildman–Crippen MR) is 72.6 cm³/mol. The molecule has 17 heavy (non-hydrogen) atoms. The van der Waals surface area contributed by atoms with Crippen molar-refractivity contribution in [2.45, 2.75) is 20.5 Å². The molecule has 5 nitrogen and oxygen atoms in total. The number of aryl methyl sites for hydroxylation is 1. The first-order valence-corrected chi connectivity index (χ1v) is 6.61. The zero-order chi connectivity index (χ0) is 12.7. The number of nitrogens with one attached hydrogen (secondary N) is 1. The van der Waals surface area contributed by atoms with Gasteiger partial charge in [0.15, 0.2) is 5.17 Å². The highest BCUT2D eigenvalue weighted by molar-refractivity contribution is 8.13. The summed E-state index contributed by atoms with van der Waals surface area (Å²) in [6.07, 6.45) is 3.75. The van der Waals surface area contributed by atoms with Gasteiger partial charge in [0, 0.05) is 25.4 Å². The van der Waals surface area contributed by atoms with Crippen LogP contribution in [0.25, 0.3) is 0 Å². The van der Waals surface area contributed by atoms with E-state index in [4.69, 9.17) is 4.74 Å². The zero-order valence-corrected chi connectivity index (χ0v) is 11.5. The molecule has 0 saturated carbocycles. The fourth-order valence-corrected chi connectivity index (χ4v) is 1.60. The van der Waals surface area contributed by atoms with E-state index in [1.807, 2.05) is 20.1 Å². The lowest BCUT2D eigenvalue weighted by atomic mass is 10.3. The molecule has 0 bridgehead atoms. The van der Waals surface area contributed by atoms with E-state index < -0.39 is 0 Å². The molecule has 0 unspecified atom stereocenters. The smallest absolute Gasteiger partial charge is 0.161 e. The van der Waals surface area contributed by atoms with E-state index in [-0.39, 0.29) is 0 Å². The van der Waals surface area contributed by atoms with Gasteiger partial charge in [-0.3, -0.25) is 4.99 Å². The second-order valence-electron chi connectivity index (χ2n) is 3.29. The summed E-state index contributed by atoms with van der Waals surface area (Å²) < 4.78 is 5.38. The highest BCUT2D eigenvalue weighted by Crippen LogP contribution is 2.14. The predicted octanol–water partition coefficient (Wildman–Crippen LogP) is 2.08. The van der Waals surface area contributed by atoms with Crippen LogP contribution in [-0.4, -0.2) is 35.0 Å². The molecule has 1 aromatic rings. The second-order valence-corrected chi connectivity index (χ2v) is 4.08. The molecule has 0 aromatic carbocycles. The van der Waals surface area contributed by atoms with Crippen molar-refractivity contribution < 1.29 is 4.74 Å². The van der Waals surface area contributed by atoms with E-state index in [0.29, 0.717) is 13.2 Å². The lowest BCUT2D eigenvalue weighted by Crippen LogP contribution is -2.12. The lowest BCUT2D eigenvalue weighted by molar-refractivity contribution is 0.134. The number of aliphatic imine (C=N–C) groups is 1. The third kappa shape index (κ3) is 4.32. The van der Waals surface area contributed by atoms with E-state index in [0.717, 1.165) is 22.4 Å². The molecule has 0 aliphatic heterocycles. The summed E-state index contributed by atoms with van der Waals surface area (Å²) in [5, 5.41) is 4.00. The van der Waals surface area contributed by atoms with E-state index in [2.05, 4.69) is 20.3 Å². The number of hydrogen-bond acceptors (Lipinski definition) is 5. The van der Waals surface area contributed by atoms with Gasteiger partial charge < -0.3 is 10.1 Å². The molecule has 0 fully saturated rings. The molecule has 0 atom stereocenters. The molecule has 1 aromatic heterocycles. The molecule has 0 aliphatic rings. The van der Waals surface area contributed by atoms with Gasteiger partial charge in [-0.2, -0.15) is 0 Å². The van der Waals surface area contributed by atoms with E-state index >= 15 is 0 Å². The van der Waals surface area contributed by atoms with Crippen molar-refractivity contribution in [3.8, 4) is 0 Å². The van der Waals surface area contributed by atoms with E-state index in [9.17, 15) is 0 Å². The average Bonchev–Trinajstić information content (AvgIpc) is 2.35. The van der Waals surface area contributed by atoms with Crippen molar-refractivity contribution >= 4 is 22.7 Å². The van der Waals surface area contributed by atoms with Gasteiger partial charge >= 0.3 is 0 Å². The first-order chi connectivity index (χ1) is 8.21. The molecule has 0 aliphatic carbocycles. The van der Waals surface area contributed by atoms with Gasteiger partial charge in [0.2, 0.25) is 0 Å². The van der Waals surface area contributed by atoms with E-state index in [1.165, 1.54) is 0 Å². The highest BCUT2D eigenvalue weighted by Gasteiger charge is 2.07. The van der Waals surface area contributed by atoms with Crippen LogP contribution in [0.15, 0.2) is 11.2 Å². The largest absolute Gasteiger partial charge is 0.377 e. The summed E-state index contributed by atoms with van der Waals surface area (Å²) in [5.74, 6) is 1.49. The van der Waals surface area contributed by atoms with Crippen molar-refractivity contribution in [2.24, 2.45) is 4.99 Å². The Kier molecular flexibility index (Phi) is 5.93. The van der Waals surface area contributed by atoms with Crippen LogP contribution in [0.5, 0.6) is 0 Å². The molecule has 0 saturated heterocycles. The van der Waals surface area contributed by atoms with Gasteiger partial charge in [0.1, 0.15) is 11.6 Å². The molecule has 94 valence electrons. The molecular formula is C11H18N4OS. The summed E-state index contributed by atoms with van der Waals surface area (Å²) >= 11 is 1.54. The van der Waals surface area contributed by atoms with Crippen LogP contribution < -0.4 is 5.32 Å². The Morgan fingerprint density at radius 2 is 2.35 bits per heavy atom. The minimum Gasteiger partial charge on any atom is -0.377 e. The third-order valence-electron chi connectivity index (χ3n) is 2.07. The molecular weight excluding hydrogens is 236 g/mol. The van der Waals surface area contributed by atoms with Crippen LogP contribution in [0, 0.1) is 6.92 Å². The molecule has 1 N–H and O–H groups in total. The van der Waals surface area contributed by atoms with Crippen LogP contribution in [0.1, 0.15) is 18.3 Å². The van der Waals surface area contributed by atoms with Crippen molar-refractivity contribution in [2.75, 3.05) is 25.2 Å². The number of thioether (sulfide) groups is 1. The maximum atomic E-state index is 5.38. The van der Waals surface area contributed by atoms with Gasteiger partial charge in [-0.1, -0.05) is 11.8 Å². The average molecular weight is 254 g/mol. The molecule has 6 heteroatoms. The van der Waals surface area contributed by atoms with Gasteiger partial charge in [-0.15, -0.1) is 0 Å². The fraction of sp³-hybridized carbons (Fsp3) is 0.545. The summed E-state index contributed by atoms with van der Waals surface area (Å²) in [7, 11) is 1.75. The van der Waals surface area contributed by atoms with Crippen LogP contribution in [0.3, 0.4) is 0 Å². The van der Waals surface area contributed by atoms with Gasteiger partial charge in [0.25, 0.3) is 0 Å². The van der Waals surface area contributed by atoms with Crippen molar-refractivity contribution in [3.63, 3.8) is 0 Å². The van der Waals surface area contributed by atoms with Crippen molar-refractivity contribution in [1.29, 1.82) is 0 Å². The number of aromatic nitrogens is 2. The second kappa shape index (κ2) is 7.24. The fourth-order valence-electron chi connectivity index (χ4n) is 1.22. The Morgan fingerprint density at radius 3 is 2.94 bits per heavy atom. The first kappa shape index (κ1) is 13.9. The Hall–Kier alpha value is -1.14. The molecule has 1 rings (SSSR count). The van der Waals surface area contributed by atoms with Gasteiger partial charge in [-0.05, 0) is 20.1 Å². The summed E-state index contributed by atoms with van der Waals surface area (Å²) in [6, 6.07) is 0. The van der Waals surface area contributed by atoms with Gasteiger partial charge in [0.05, 0.1) is 6.61 Å². The Balaban J connectivity index is 2.90. The number of ether oxygens (including phenoxy) is 1. The minimum atomic E-state index is 0.504. The van der Waals surface area contributed by atoms with Crippen LogP contribution >= 0.6 is 11.8 Å². The minimum absolute atomic E-state index is 0.504. The quantitative estimate of drug-likeness (QED) is 0.658. The molecule has 1 heterocycles. The molecule has 0 amide bonds. The number of nitrogens with zero attached hydrogens (tertiary/aromatic N) is 3. The number of anilines is 1. The van der Waals surface area contributed by atoms with Crippen molar-refractivity contribution in [3.05, 3.63) is 17.6 Å². The van der Waals surface area contributed by atoms with Crippen LogP contribution in [-0.2, 0) is 11.3 Å². The summed E-state index contributed by atoms with van der Waals surface area (Å²) in [6.45, 7) is 5.00. The van der Waals surface area contributed by atoms with Crippen LogP contribution in [0.2, 0.25) is 0 Å². The SMILES string of the molecule is CCOCc1cnc(C)nc1NC(=NC)SC. The maximum absolute atomic E-state index is 5.38. The Morgan fingerprint density at radius 1 is 1.59 bits per heavy atom. The Labute approximate surface area is 106 Å². The maximum Gasteiger partial charge on any atom is 0.161 e.